The van der Waals surface area contributed by atoms with Gasteiger partial charge >= 0.3 is 0 Å². The highest BCUT2D eigenvalue weighted by Gasteiger charge is 2.14. The molecule has 0 aromatic heterocycles. The Morgan fingerprint density at radius 1 is 1.19 bits per heavy atom. The van der Waals surface area contributed by atoms with E-state index in [-0.39, 0.29) is 5.91 Å². The molecule has 0 unspecified atom stereocenters. The fraction of sp³-hybridized carbons (Fsp3) is 0.318. The Morgan fingerprint density at radius 3 is 2.67 bits per heavy atom. The van der Waals surface area contributed by atoms with E-state index >= 15 is 0 Å². The number of amides is 1. The molecular formula is C22H26BrNO3. The van der Waals surface area contributed by atoms with E-state index in [1.54, 1.807) is 12.1 Å². The van der Waals surface area contributed by atoms with Crippen LogP contribution in [0.15, 0.2) is 59.1 Å². The van der Waals surface area contributed by atoms with Gasteiger partial charge in [-0.3, -0.25) is 4.79 Å². The Kier molecular flexibility index (Phi) is 7.92. The van der Waals surface area contributed by atoms with Gasteiger partial charge in [-0.05, 0) is 55.2 Å². The fourth-order valence-corrected chi connectivity index (χ4v) is 2.64. The van der Waals surface area contributed by atoms with Gasteiger partial charge in [0, 0.05) is 16.2 Å². The minimum absolute atomic E-state index is 0.229. The number of hydrogen-bond donors (Lipinski definition) is 1. The number of halogens is 1. The zero-order chi connectivity index (χ0) is 19.8. The highest BCUT2D eigenvalue weighted by Crippen LogP contribution is 2.26. The predicted molar refractivity (Wildman–Crippen MR) is 114 cm³/mol. The molecule has 2 aromatic carbocycles. The van der Waals surface area contributed by atoms with Gasteiger partial charge in [-0.2, -0.15) is 0 Å². The Morgan fingerprint density at radius 2 is 1.96 bits per heavy atom. The predicted octanol–water partition coefficient (Wildman–Crippen LogP) is 6.08. The summed E-state index contributed by atoms with van der Waals surface area (Å²) < 4.78 is 12.3. The van der Waals surface area contributed by atoms with E-state index in [1.807, 2.05) is 37.3 Å². The first-order chi connectivity index (χ1) is 12.8. The van der Waals surface area contributed by atoms with Crippen LogP contribution in [0, 0.1) is 5.92 Å². The molecule has 5 heteroatoms. The minimum atomic E-state index is -0.229. The summed E-state index contributed by atoms with van der Waals surface area (Å²) in [6.45, 7) is 11.0. The molecule has 2 rings (SSSR count). The van der Waals surface area contributed by atoms with E-state index in [4.69, 9.17) is 9.47 Å². The third-order valence-corrected chi connectivity index (χ3v) is 4.21. The molecular weight excluding hydrogens is 406 g/mol. The zero-order valence-electron chi connectivity index (χ0n) is 16.0. The molecule has 2 aromatic rings. The maximum atomic E-state index is 12.8. The summed E-state index contributed by atoms with van der Waals surface area (Å²) in [4.78, 5) is 12.8. The summed E-state index contributed by atoms with van der Waals surface area (Å²) >= 11 is 3.42. The van der Waals surface area contributed by atoms with Crippen molar-refractivity contribution in [2.75, 3.05) is 18.5 Å². The van der Waals surface area contributed by atoms with Crippen LogP contribution in [0.3, 0.4) is 0 Å². The van der Waals surface area contributed by atoms with Gasteiger partial charge in [0.15, 0.2) is 0 Å². The van der Waals surface area contributed by atoms with Crippen molar-refractivity contribution in [1.29, 1.82) is 0 Å². The monoisotopic (exact) mass is 431 g/mol. The Bertz CT molecular complexity index is 802. The van der Waals surface area contributed by atoms with E-state index < -0.39 is 0 Å². The van der Waals surface area contributed by atoms with E-state index in [1.165, 1.54) is 0 Å². The average Bonchev–Trinajstić information content (AvgIpc) is 2.61. The van der Waals surface area contributed by atoms with Crippen molar-refractivity contribution in [2.24, 2.45) is 5.92 Å². The van der Waals surface area contributed by atoms with Crippen molar-refractivity contribution in [3.8, 4) is 11.5 Å². The number of benzene rings is 2. The van der Waals surface area contributed by atoms with E-state index in [2.05, 4.69) is 41.7 Å². The molecule has 0 atom stereocenters. The molecule has 0 saturated heterocycles. The number of hydrogen-bond acceptors (Lipinski definition) is 3. The van der Waals surface area contributed by atoms with Crippen LogP contribution in [0.1, 0.15) is 37.6 Å². The number of carbonyl (C=O) groups is 1. The van der Waals surface area contributed by atoms with Crippen LogP contribution in [0.2, 0.25) is 0 Å². The van der Waals surface area contributed by atoms with Crippen LogP contribution in [0.5, 0.6) is 11.5 Å². The molecule has 0 aliphatic carbocycles. The topological polar surface area (TPSA) is 47.6 Å². The Balaban J connectivity index is 2.12. The van der Waals surface area contributed by atoms with Crippen molar-refractivity contribution < 1.29 is 14.3 Å². The first-order valence-corrected chi connectivity index (χ1v) is 9.75. The average molecular weight is 432 g/mol. The largest absolute Gasteiger partial charge is 0.493 e. The van der Waals surface area contributed by atoms with Gasteiger partial charge in [0.25, 0.3) is 5.91 Å². The minimum Gasteiger partial charge on any atom is -0.493 e. The fourth-order valence-electron chi connectivity index (χ4n) is 2.28. The molecule has 0 saturated carbocycles. The van der Waals surface area contributed by atoms with Crippen molar-refractivity contribution in [3.63, 3.8) is 0 Å². The summed E-state index contributed by atoms with van der Waals surface area (Å²) in [5.41, 5.74) is 2.08. The number of rotatable bonds is 9. The second-order valence-corrected chi connectivity index (χ2v) is 7.81. The molecule has 0 heterocycles. The molecule has 0 fully saturated rings. The van der Waals surface area contributed by atoms with Crippen molar-refractivity contribution in [3.05, 3.63) is 64.7 Å². The Labute approximate surface area is 169 Å². The SMILES string of the molecule is C=C(C)COc1cccc(NC(=O)c2cc(Br)ccc2OCCC(C)C)c1. The molecule has 27 heavy (non-hydrogen) atoms. The van der Waals surface area contributed by atoms with Crippen LogP contribution in [0.25, 0.3) is 0 Å². The summed E-state index contributed by atoms with van der Waals surface area (Å²) in [6, 6.07) is 12.7. The van der Waals surface area contributed by atoms with Crippen LogP contribution in [-0.2, 0) is 0 Å². The van der Waals surface area contributed by atoms with Crippen molar-refractivity contribution in [1.82, 2.24) is 0 Å². The van der Waals surface area contributed by atoms with E-state index in [0.717, 1.165) is 16.5 Å². The first kappa shape index (κ1) is 21.0. The standard InChI is InChI=1S/C22H26BrNO3/c1-15(2)10-11-26-21-9-8-17(23)12-20(21)22(25)24-18-6-5-7-19(13-18)27-14-16(3)4/h5-9,12-13,15H,3,10-11,14H2,1-2,4H3,(H,24,25). The molecule has 0 bridgehead atoms. The molecule has 0 spiro atoms. The molecule has 4 nitrogen and oxygen atoms in total. The zero-order valence-corrected chi connectivity index (χ0v) is 17.6. The molecule has 1 N–H and O–H groups in total. The lowest BCUT2D eigenvalue weighted by Crippen LogP contribution is -2.14. The van der Waals surface area contributed by atoms with Crippen molar-refractivity contribution >= 4 is 27.5 Å². The van der Waals surface area contributed by atoms with Gasteiger partial charge in [0.2, 0.25) is 0 Å². The normalized spacial score (nSPS) is 10.6. The van der Waals surface area contributed by atoms with Gasteiger partial charge in [-0.15, -0.1) is 0 Å². The third kappa shape index (κ3) is 7.10. The van der Waals surface area contributed by atoms with Crippen molar-refractivity contribution in [2.45, 2.75) is 27.2 Å². The van der Waals surface area contributed by atoms with Gasteiger partial charge in [-0.25, -0.2) is 0 Å². The summed E-state index contributed by atoms with van der Waals surface area (Å²) in [6.07, 6.45) is 0.930. The second-order valence-electron chi connectivity index (χ2n) is 6.90. The summed E-state index contributed by atoms with van der Waals surface area (Å²) in [5, 5.41) is 2.91. The van der Waals surface area contributed by atoms with Crippen LogP contribution in [-0.4, -0.2) is 19.1 Å². The highest BCUT2D eigenvalue weighted by molar-refractivity contribution is 9.10. The van der Waals surface area contributed by atoms with E-state index in [9.17, 15) is 4.79 Å². The third-order valence-electron chi connectivity index (χ3n) is 3.72. The van der Waals surface area contributed by atoms with Crippen LogP contribution >= 0.6 is 15.9 Å². The number of nitrogens with one attached hydrogen (secondary N) is 1. The van der Waals surface area contributed by atoms with Gasteiger partial charge in [-0.1, -0.05) is 42.4 Å². The Hall–Kier alpha value is -2.27. The molecule has 0 aliphatic rings. The summed E-state index contributed by atoms with van der Waals surface area (Å²) in [5.74, 6) is 1.57. The van der Waals surface area contributed by atoms with Crippen LogP contribution < -0.4 is 14.8 Å². The lowest BCUT2D eigenvalue weighted by atomic mass is 10.1. The van der Waals surface area contributed by atoms with Gasteiger partial charge in [0.1, 0.15) is 18.1 Å². The number of carbonyl (C=O) groups excluding carboxylic acids is 1. The van der Waals surface area contributed by atoms with Gasteiger partial charge < -0.3 is 14.8 Å². The maximum Gasteiger partial charge on any atom is 0.259 e. The maximum absolute atomic E-state index is 12.8. The summed E-state index contributed by atoms with van der Waals surface area (Å²) in [7, 11) is 0. The van der Waals surface area contributed by atoms with Gasteiger partial charge in [0.05, 0.1) is 12.2 Å². The highest BCUT2D eigenvalue weighted by atomic mass is 79.9. The molecule has 0 aliphatic heterocycles. The first-order valence-electron chi connectivity index (χ1n) is 8.96. The number of ether oxygens (including phenoxy) is 2. The second kappa shape index (κ2) is 10.2. The molecule has 0 radical (unpaired) electrons. The van der Waals surface area contributed by atoms with Crippen LogP contribution in [0.4, 0.5) is 5.69 Å². The lowest BCUT2D eigenvalue weighted by molar-refractivity contribution is 0.102. The number of anilines is 1. The smallest absolute Gasteiger partial charge is 0.259 e. The van der Waals surface area contributed by atoms with E-state index in [0.29, 0.717) is 41.9 Å². The lowest BCUT2D eigenvalue weighted by Gasteiger charge is -2.14. The quantitative estimate of drug-likeness (QED) is 0.489. The molecule has 144 valence electrons. The molecule has 1 amide bonds.